The Morgan fingerprint density at radius 3 is 2.93 bits per heavy atom. The van der Waals surface area contributed by atoms with E-state index in [9.17, 15) is 4.79 Å². The Kier molecular flexibility index (Phi) is 2.42. The van der Waals surface area contributed by atoms with Crippen LogP contribution in [0.3, 0.4) is 0 Å². The standard InChI is InChI=1S/C11H16N2O/c1-8-6-9(7-12-11(8)14)10-4-3-5-13(10)2/h6-7,10H,3-5H2,1-2H3,(H,12,14)/t10-/m1/s1. The van der Waals surface area contributed by atoms with Gasteiger partial charge in [-0.05, 0) is 45.0 Å². The molecule has 0 radical (unpaired) electrons. The molecule has 2 rings (SSSR count). The number of pyridine rings is 1. The Morgan fingerprint density at radius 2 is 2.36 bits per heavy atom. The van der Waals surface area contributed by atoms with Crippen molar-refractivity contribution >= 4 is 0 Å². The maximum absolute atomic E-state index is 11.2. The summed E-state index contributed by atoms with van der Waals surface area (Å²) in [4.78, 5) is 16.3. The lowest BCUT2D eigenvalue weighted by Crippen LogP contribution is -2.19. The minimum absolute atomic E-state index is 0.0226. The number of nitrogens with zero attached hydrogens (tertiary/aromatic N) is 1. The van der Waals surface area contributed by atoms with E-state index in [0.717, 1.165) is 12.1 Å². The summed E-state index contributed by atoms with van der Waals surface area (Å²) in [5.74, 6) is 0. The first-order valence-electron chi connectivity index (χ1n) is 5.08. The van der Waals surface area contributed by atoms with Crippen molar-refractivity contribution in [2.45, 2.75) is 25.8 Å². The highest BCUT2D eigenvalue weighted by molar-refractivity contribution is 5.21. The zero-order valence-corrected chi connectivity index (χ0v) is 8.71. The van der Waals surface area contributed by atoms with E-state index < -0.39 is 0 Å². The molecule has 1 aliphatic rings. The summed E-state index contributed by atoms with van der Waals surface area (Å²) in [6.07, 6.45) is 4.29. The SMILES string of the molecule is Cc1cc([C@H]2CCCN2C)c[nH]c1=O. The predicted molar refractivity (Wildman–Crippen MR) is 56.4 cm³/mol. The highest BCUT2D eigenvalue weighted by Gasteiger charge is 2.22. The number of aryl methyl sites for hydroxylation is 1. The van der Waals surface area contributed by atoms with Gasteiger partial charge in [0.2, 0.25) is 0 Å². The highest BCUT2D eigenvalue weighted by atomic mass is 16.1. The first-order chi connectivity index (χ1) is 6.68. The van der Waals surface area contributed by atoms with Crippen molar-refractivity contribution in [2.24, 2.45) is 0 Å². The van der Waals surface area contributed by atoms with Crippen molar-refractivity contribution in [3.05, 3.63) is 33.7 Å². The van der Waals surface area contributed by atoms with Crippen LogP contribution in [0.4, 0.5) is 0 Å². The fraction of sp³-hybridized carbons (Fsp3) is 0.545. The molecule has 1 atom stereocenters. The molecular formula is C11H16N2O. The lowest BCUT2D eigenvalue weighted by atomic mass is 10.1. The molecule has 3 nitrogen and oxygen atoms in total. The average Bonchev–Trinajstić information content (AvgIpc) is 2.57. The van der Waals surface area contributed by atoms with Crippen LogP contribution in [0.25, 0.3) is 0 Å². The van der Waals surface area contributed by atoms with Gasteiger partial charge >= 0.3 is 0 Å². The maximum Gasteiger partial charge on any atom is 0.250 e. The minimum Gasteiger partial charge on any atom is -0.329 e. The van der Waals surface area contributed by atoms with E-state index in [1.807, 2.05) is 19.2 Å². The quantitative estimate of drug-likeness (QED) is 0.731. The Morgan fingerprint density at radius 1 is 1.57 bits per heavy atom. The van der Waals surface area contributed by atoms with E-state index in [4.69, 9.17) is 0 Å². The lowest BCUT2D eigenvalue weighted by Gasteiger charge is -2.19. The zero-order chi connectivity index (χ0) is 10.1. The third-order valence-corrected chi connectivity index (χ3v) is 3.02. The molecule has 3 heteroatoms. The van der Waals surface area contributed by atoms with Gasteiger partial charge in [0.1, 0.15) is 0 Å². The van der Waals surface area contributed by atoms with Gasteiger partial charge < -0.3 is 4.98 Å². The molecule has 0 aromatic carbocycles. The summed E-state index contributed by atoms with van der Waals surface area (Å²) in [6.45, 7) is 3.01. The van der Waals surface area contributed by atoms with E-state index in [2.05, 4.69) is 16.9 Å². The summed E-state index contributed by atoms with van der Waals surface area (Å²) in [7, 11) is 2.14. The average molecular weight is 192 g/mol. The normalized spacial score (nSPS) is 22.9. The van der Waals surface area contributed by atoms with Crippen molar-refractivity contribution in [1.29, 1.82) is 0 Å². The Hall–Kier alpha value is -1.09. The Bertz CT molecular complexity index is 383. The van der Waals surface area contributed by atoms with Crippen molar-refractivity contribution in [3.63, 3.8) is 0 Å². The van der Waals surface area contributed by atoms with Crippen LogP contribution < -0.4 is 5.56 Å². The molecule has 0 spiro atoms. The molecule has 1 saturated heterocycles. The van der Waals surface area contributed by atoms with Crippen LogP contribution in [0, 0.1) is 6.92 Å². The van der Waals surface area contributed by atoms with E-state index >= 15 is 0 Å². The number of nitrogens with one attached hydrogen (secondary N) is 1. The van der Waals surface area contributed by atoms with Crippen LogP contribution in [0.15, 0.2) is 17.1 Å². The number of hydrogen-bond donors (Lipinski definition) is 1. The summed E-state index contributed by atoms with van der Waals surface area (Å²) in [5.41, 5.74) is 2.07. The highest BCUT2D eigenvalue weighted by Crippen LogP contribution is 2.29. The second-order valence-electron chi connectivity index (χ2n) is 4.08. The molecule has 0 unspecified atom stereocenters. The largest absolute Gasteiger partial charge is 0.329 e. The fourth-order valence-corrected chi connectivity index (χ4v) is 2.14. The van der Waals surface area contributed by atoms with Crippen molar-refractivity contribution in [2.75, 3.05) is 13.6 Å². The zero-order valence-electron chi connectivity index (χ0n) is 8.71. The number of likely N-dealkylation sites (tertiary alicyclic amines) is 1. The van der Waals surface area contributed by atoms with Crippen LogP contribution in [0.5, 0.6) is 0 Å². The van der Waals surface area contributed by atoms with E-state index in [1.165, 1.54) is 18.4 Å². The molecule has 1 aliphatic heterocycles. The molecule has 1 aromatic rings. The number of aromatic amines is 1. The number of aromatic nitrogens is 1. The second kappa shape index (κ2) is 3.58. The molecule has 0 amide bonds. The number of H-pyrrole nitrogens is 1. The minimum atomic E-state index is 0.0226. The van der Waals surface area contributed by atoms with Gasteiger partial charge in [0, 0.05) is 17.8 Å². The summed E-state index contributed by atoms with van der Waals surface area (Å²) in [6, 6.07) is 2.50. The molecule has 76 valence electrons. The first kappa shape index (κ1) is 9.46. The molecule has 1 N–H and O–H groups in total. The van der Waals surface area contributed by atoms with Gasteiger partial charge in [-0.1, -0.05) is 0 Å². The summed E-state index contributed by atoms with van der Waals surface area (Å²) in [5, 5.41) is 0. The van der Waals surface area contributed by atoms with Crippen LogP contribution in [0.1, 0.15) is 30.0 Å². The Labute approximate surface area is 83.8 Å². The predicted octanol–water partition coefficient (Wildman–Crippen LogP) is 1.45. The fourth-order valence-electron chi connectivity index (χ4n) is 2.14. The summed E-state index contributed by atoms with van der Waals surface area (Å²) < 4.78 is 0. The third kappa shape index (κ3) is 1.60. The number of hydrogen-bond acceptors (Lipinski definition) is 2. The Balaban J connectivity index is 2.32. The van der Waals surface area contributed by atoms with E-state index in [-0.39, 0.29) is 5.56 Å². The van der Waals surface area contributed by atoms with Crippen LogP contribution in [-0.4, -0.2) is 23.5 Å². The molecule has 1 fully saturated rings. The van der Waals surface area contributed by atoms with Gasteiger partial charge in [-0.2, -0.15) is 0 Å². The van der Waals surface area contributed by atoms with Gasteiger partial charge in [-0.15, -0.1) is 0 Å². The molecule has 0 aliphatic carbocycles. The van der Waals surface area contributed by atoms with Crippen molar-refractivity contribution < 1.29 is 0 Å². The van der Waals surface area contributed by atoms with Gasteiger partial charge in [-0.25, -0.2) is 0 Å². The summed E-state index contributed by atoms with van der Waals surface area (Å²) >= 11 is 0. The topological polar surface area (TPSA) is 36.1 Å². The van der Waals surface area contributed by atoms with E-state index in [0.29, 0.717) is 6.04 Å². The molecule has 0 bridgehead atoms. The van der Waals surface area contributed by atoms with Gasteiger partial charge in [0.15, 0.2) is 0 Å². The third-order valence-electron chi connectivity index (χ3n) is 3.02. The maximum atomic E-state index is 11.2. The van der Waals surface area contributed by atoms with Crippen LogP contribution in [-0.2, 0) is 0 Å². The first-order valence-corrected chi connectivity index (χ1v) is 5.08. The smallest absolute Gasteiger partial charge is 0.250 e. The van der Waals surface area contributed by atoms with E-state index in [1.54, 1.807) is 0 Å². The van der Waals surface area contributed by atoms with Gasteiger partial charge in [0.25, 0.3) is 5.56 Å². The molecule has 1 aromatic heterocycles. The monoisotopic (exact) mass is 192 g/mol. The molecule has 14 heavy (non-hydrogen) atoms. The van der Waals surface area contributed by atoms with Gasteiger partial charge in [0.05, 0.1) is 0 Å². The van der Waals surface area contributed by atoms with Crippen LogP contribution in [0.2, 0.25) is 0 Å². The lowest BCUT2D eigenvalue weighted by molar-refractivity contribution is 0.317. The second-order valence-corrected chi connectivity index (χ2v) is 4.08. The number of rotatable bonds is 1. The molecular weight excluding hydrogens is 176 g/mol. The van der Waals surface area contributed by atoms with Crippen LogP contribution >= 0.6 is 0 Å². The van der Waals surface area contributed by atoms with Crippen molar-refractivity contribution in [3.8, 4) is 0 Å². The molecule has 2 heterocycles. The molecule has 0 saturated carbocycles. The van der Waals surface area contributed by atoms with Gasteiger partial charge in [-0.3, -0.25) is 9.69 Å². The van der Waals surface area contributed by atoms with Crippen molar-refractivity contribution in [1.82, 2.24) is 9.88 Å².